The fraction of sp³-hybridized carbons (Fsp3) is 0.800. The third kappa shape index (κ3) is 6.63. The lowest BCUT2D eigenvalue weighted by Gasteiger charge is -2.33. The summed E-state index contributed by atoms with van der Waals surface area (Å²) in [6, 6.07) is -1.37. The van der Waals surface area contributed by atoms with Crippen LogP contribution in [0.15, 0.2) is 0 Å². The van der Waals surface area contributed by atoms with Crippen LogP contribution in [0.4, 0.5) is 0 Å². The first-order chi connectivity index (χ1) is 12.9. The molecule has 152 valence electrons. The van der Waals surface area contributed by atoms with Gasteiger partial charge in [-0.1, -0.05) is 26.7 Å². The number of nitrogens with one attached hydrogen (secondary N) is 3. The average Bonchev–Trinajstić information content (AvgIpc) is 2.61. The van der Waals surface area contributed by atoms with Gasteiger partial charge in [-0.25, -0.2) is 0 Å². The zero-order chi connectivity index (χ0) is 19.8. The molecule has 2 saturated heterocycles. The molecule has 2 rings (SSSR count). The molecule has 27 heavy (non-hydrogen) atoms. The predicted octanol–water partition coefficient (Wildman–Crippen LogP) is 1.31. The second-order valence-corrected chi connectivity index (χ2v) is 8.28. The van der Waals surface area contributed by atoms with Crippen LogP contribution in [0.5, 0.6) is 0 Å². The standard InChI is InChI=1S/C20H33N3O4/c1-13(2)10-17-20(27)22-15(12-24)11-16-14(8-9-21-19(16)26)6-4-3-5-7-18(25)23-17/h12-17H,3-11H2,1-2H3,(H,21,26)(H,22,27)(H,23,25)/t14-,15-,16+,17-/m0/s1. The van der Waals surface area contributed by atoms with Crippen molar-refractivity contribution in [2.75, 3.05) is 6.54 Å². The minimum Gasteiger partial charge on any atom is -0.356 e. The number of carbonyl (C=O) groups excluding carboxylic acids is 4. The number of aldehydes is 1. The smallest absolute Gasteiger partial charge is 0.243 e. The Morgan fingerprint density at radius 3 is 2.52 bits per heavy atom. The Morgan fingerprint density at radius 2 is 1.81 bits per heavy atom. The molecule has 0 radical (unpaired) electrons. The fourth-order valence-corrected chi connectivity index (χ4v) is 4.12. The zero-order valence-corrected chi connectivity index (χ0v) is 16.5. The van der Waals surface area contributed by atoms with E-state index in [1.54, 1.807) is 0 Å². The third-order valence-corrected chi connectivity index (χ3v) is 5.56. The maximum atomic E-state index is 12.7. The molecule has 2 heterocycles. The van der Waals surface area contributed by atoms with Crippen LogP contribution in [0.1, 0.15) is 65.2 Å². The van der Waals surface area contributed by atoms with Crippen LogP contribution in [0.3, 0.4) is 0 Å². The lowest BCUT2D eigenvalue weighted by Crippen LogP contribution is -2.52. The molecule has 3 amide bonds. The van der Waals surface area contributed by atoms with E-state index >= 15 is 0 Å². The highest BCUT2D eigenvalue weighted by Crippen LogP contribution is 2.29. The number of hydrogen-bond acceptors (Lipinski definition) is 4. The SMILES string of the molecule is CC(C)C[C@@H]1NC(=O)CCCCC[C@H]2CCNC(=O)[C@@H]2C[C@@H](C=O)NC1=O. The van der Waals surface area contributed by atoms with Crippen LogP contribution >= 0.6 is 0 Å². The van der Waals surface area contributed by atoms with Gasteiger partial charge in [-0.3, -0.25) is 14.4 Å². The highest BCUT2D eigenvalue weighted by Gasteiger charge is 2.34. The first-order valence-corrected chi connectivity index (χ1v) is 10.2. The zero-order valence-electron chi connectivity index (χ0n) is 16.5. The summed E-state index contributed by atoms with van der Waals surface area (Å²) >= 11 is 0. The number of piperidine rings is 1. The maximum absolute atomic E-state index is 12.7. The molecule has 0 unspecified atom stereocenters. The molecule has 0 aromatic carbocycles. The molecular weight excluding hydrogens is 346 g/mol. The molecule has 0 spiro atoms. The largest absolute Gasteiger partial charge is 0.356 e. The number of amides is 3. The molecule has 3 N–H and O–H groups in total. The van der Waals surface area contributed by atoms with E-state index in [0.29, 0.717) is 32.1 Å². The van der Waals surface area contributed by atoms with E-state index in [1.165, 1.54) is 0 Å². The number of carbonyl (C=O) groups is 4. The summed E-state index contributed by atoms with van der Waals surface area (Å²) in [7, 11) is 0. The highest BCUT2D eigenvalue weighted by molar-refractivity contribution is 5.89. The van der Waals surface area contributed by atoms with Crippen molar-refractivity contribution in [3.63, 3.8) is 0 Å². The Hall–Kier alpha value is -1.92. The normalized spacial score (nSPS) is 31.1. The van der Waals surface area contributed by atoms with E-state index in [2.05, 4.69) is 16.0 Å². The quantitative estimate of drug-likeness (QED) is 0.643. The third-order valence-electron chi connectivity index (χ3n) is 5.56. The van der Waals surface area contributed by atoms with Crippen molar-refractivity contribution in [2.24, 2.45) is 17.8 Å². The van der Waals surface area contributed by atoms with Crippen LogP contribution in [-0.4, -0.2) is 42.6 Å². The highest BCUT2D eigenvalue weighted by atomic mass is 16.2. The Morgan fingerprint density at radius 1 is 1.04 bits per heavy atom. The van der Waals surface area contributed by atoms with E-state index < -0.39 is 12.1 Å². The van der Waals surface area contributed by atoms with E-state index in [4.69, 9.17) is 0 Å². The van der Waals surface area contributed by atoms with Crippen LogP contribution in [0.2, 0.25) is 0 Å². The van der Waals surface area contributed by atoms with Gasteiger partial charge in [0.15, 0.2) is 0 Å². The van der Waals surface area contributed by atoms with Crippen molar-refractivity contribution in [1.29, 1.82) is 0 Å². The van der Waals surface area contributed by atoms with Gasteiger partial charge in [0, 0.05) is 18.9 Å². The second kappa shape index (κ2) is 10.4. The Kier molecular flexibility index (Phi) is 8.25. The maximum Gasteiger partial charge on any atom is 0.243 e. The van der Waals surface area contributed by atoms with Gasteiger partial charge in [-0.15, -0.1) is 0 Å². The summed E-state index contributed by atoms with van der Waals surface area (Å²) in [5.41, 5.74) is 0. The van der Waals surface area contributed by atoms with Gasteiger partial charge in [-0.05, 0) is 43.9 Å². The molecule has 7 nitrogen and oxygen atoms in total. The van der Waals surface area contributed by atoms with Gasteiger partial charge < -0.3 is 20.7 Å². The van der Waals surface area contributed by atoms with Gasteiger partial charge in [0.05, 0.1) is 6.04 Å². The molecule has 0 aliphatic carbocycles. The van der Waals surface area contributed by atoms with E-state index in [0.717, 1.165) is 32.1 Å². The monoisotopic (exact) mass is 379 g/mol. The van der Waals surface area contributed by atoms with Crippen LogP contribution in [-0.2, 0) is 19.2 Å². The fourth-order valence-electron chi connectivity index (χ4n) is 4.12. The van der Waals surface area contributed by atoms with Crippen molar-refractivity contribution >= 4 is 24.0 Å². The molecule has 0 aromatic heterocycles. The molecule has 7 heteroatoms. The Labute approximate surface area is 161 Å². The lowest BCUT2D eigenvalue weighted by molar-refractivity contribution is -0.132. The number of rotatable bonds is 3. The first kappa shape index (κ1) is 21.4. The van der Waals surface area contributed by atoms with Crippen LogP contribution in [0.25, 0.3) is 0 Å². The molecule has 2 aliphatic rings. The van der Waals surface area contributed by atoms with Gasteiger partial charge in [0.1, 0.15) is 12.3 Å². The molecule has 0 aromatic rings. The predicted molar refractivity (Wildman–Crippen MR) is 102 cm³/mol. The summed E-state index contributed by atoms with van der Waals surface area (Å²) < 4.78 is 0. The molecule has 0 bridgehead atoms. The Balaban J connectivity index is 2.16. The van der Waals surface area contributed by atoms with Crippen LogP contribution in [0, 0.1) is 17.8 Å². The molecular formula is C20H33N3O4. The van der Waals surface area contributed by atoms with E-state index in [9.17, 15) is 19.2 Å². The number of hydrogen-bond donors (Lipinski definition) is 3. The molecule has 4 atom stereocenters. The molecule has 0 saturated carbocycles. The summed E-state index contributed by atoms with van der Waals surface area (Å²) in [4.78, 5) is 48.8. The van der Waals surface area contributed by atoms with Gasteiger partial charge >= 0.3 is 0 Å². The minimum atomic E-state index is -0.719. The van der Waals surface area contributed by atoms with Crippen molar-refractivity contribution in [3.05, 3.63) is 0 Å². The van der Waals surface area contributed by atoms with Gasteiger partial charge in [0.25, 0.3) is 0 Å². The van der Waals surface area contributed by atoms with Gasteiger partial charge in [0.2, 0.25) is 17.7 Å². The van der Waals surface area contributed by atoms with Crippen LogP contribution < -0.4 is 16.0 Å². The topological polar surface area (TPSA) is 104 Å². The first-order valence-electron chi connectivity index (χ1n) is 10.2. The number of fused-ring (bicyclic) bond motifs is 1. The Bertz CT molecular complexity index is 549. The summed E-state index contributed by atoms with van der Waals surface area (Å²) in [5.74, 6) is -0.296. The minimum absolute atomic E-state index is 0.0218. The van der Waals surface area contributed by atoms with E-state index in [1.807, 2.05) is 13.8 Å². The molecule has 2 aliphatic heterocycles. The lowest BCUT2D eigenvalue weighted by atomic mass is 9.78. The van der Waals surface area contributed by atoms with Crippen molar-refractivity contribution < 1.29 is 19.2 Å². The van der Waals surface area contributed by atoms with Gasteiger partial charge in [-0.2, -0.15) is 0 Å². The van der Waals surface area contributed by atoms with Crippen molar-refractivity contribution in [1.82, 2.24) is 16.0 Å². The summed E-state index contributed by atoms with van der Waals surface area (Å²) in [6.07, 6.45) is 6.41. The second-order valence-electron chi connectivity index (χ2n) is 8.28. The van der Waals surface area contributed by atoms with Crippen molar-refractivity contribution in [3.8, 4) is 0 Å². The molecule has 2 fully saturated rings. The average molecular weight is 380 g/mol. The summed E-state index contributed by atoms with van der Waals surface area (Å²) in [5, 5.41) is 8.45. The van der Waals surface area contributed by atoms with Crippen molar-refractivity contribution in [2.45, 2.75) is 77.3 Å². The van der Waals surface area contributed by atoms with E-state index in [-0.39, 0.29) is 35.5 Å². The summed E-state index contributed by atoms with van der Waals surface area (Å²) in [6.45, 7) is 4.63.